The summed E-state index contributed by atoms with van der Waals surface area (Å²) in [5.41, 5.74) is 7.12. The van der Waals surface area contributed by atoms with Crippen molar-refractivity contribution in [3.05, 3.63) is 0 Å². The molecule has 0 saturated heterocycles. The molecule has 0 atom stereocenters. The van der Waals surface area contributed by atoms with Crippen LogP contribution in [0.5, 0.6) is 0 Å². The highest BCUT2D eigenvalue weighted by Crippen LogP contribution is 2.49. The van der Waals surface area contributed by atoms with Gasteiger partial charge in [0.15, 0.2) is 0 Å². The van der Waals surface area contributed by atoms with E-state index in [-0.39, 0.29) is 5.54 Å². The first-order chi connectivity index (χ1) is 9.42. The third-order valence-corrected chi connectivity index (χ3v) is 5.41. The Bertz CT molecular complexity index is 304. The van der Waals surface area contributed by atoms with Gasteiger partial charge in [-0.05, 0) is 54.4 Å². The smallest absolute Gasteiger partial charge is 0.0314 e. The first-order valence-electron chi connectivity index (χ1n) is 8.87. The number of nitrogens with two attached hydrogens (primary N) is 1. The lowest BCUT2D eigenvalue weighted by molar-refractivity contribution is 0.0278. The van der Waals surface area contributed by atoms with E-state index < -0.39 is 0 Å². The van der Waals surface area contributed by atoms with Crippen molar-refractivity contribution in [2.45, 2.75) is 80.2 Å². The maximum absolute atomic E-state index is 6.26. The van der Waals surface area contributed by atoms with Crippen molar-refractivity contribution in [3.8, 4) is 0 Å². The normalized spacial score (nSPS) is 24.0. The number of hydrogen-bond donors (Lipinski definition) is 2. The summed E-state index contributed by atoms with van der Waals surface area (Å²) in [5.74, 6) is 2.16. The van der Waals surface area contributed by atoms with Gasteiger partial charge in [0.1, 0.15) is 0 Å². The van der Waals surface area contributed by atoms with Gasteiger partial charge < -0.3 is 11.1 Å². The van der Waals surface area contributed by atoms with Crippen molar-refractivity contribution < 1.29 is 0 Å². The Morgan fingerprint density at radius 1 is 0.857 bits per heavy atom. The van der Waals surface area contributed by atoms with Crippen LogP contribution >= 0.6 is 0 Å². The lowest BCUT2D eigenvalue weighted by Crippen LogP contribution is -2.60. The zero-order valence-electron chi connectivity index (χ0n) is 15.8. The zero-order valence-corrected chi connectivity index (χ0v) is 15.8. The Balaban J connectivity index is 2.85. The lowest BCUT2D eigenvalue weighted by atomic mass is 9.58. The van der Waals surface area contributed by atoms with E-state index >= 15 is 0 Å². The van der Waals surface area contributed by atoms with Crippen LogP contribution in [0.2, 0.25) is 0 Å². The first kappa shape index (κ1) is 19.0. The zero-order chi connectivity index (χ0) is 16.5. The van der Waals surface area contributed by atoms with Crippen LogP contribution in [0.1, 0.15) is 74.7 Å². The molecule has 2 nitrogen and oxygen atoms in total. The summed E-state index contributed by atoms with van der Waals surface area (Å²) in [7, 11) is 0. The molecule has 0 bridgehead atoms. The second kappa shape index (κ2) is 6.58. The molecule has 0 aromatic heterocycles. The number of hydrogen-bond acceptors (Lipinski definition) is 2. The van der Waals surface area contributed by atoms with Crippen molar-refractivity contribution in [3.63, 3.8) is 0 Å². The molecule has 1 rings (SSSR count). The van der Waals surface area contributed by atoms with E-state index in [1.165, 1.54) is 19.3 Å². The highest BCUT2D eigenvalue weighted by Gasteiger charge is 2.46. The fourth-order valence-corrected chi connectivity index (χ4v) is 5.23. The highest BCUT2D eigenvalue weighted by atomic mass is 15.0. The van der Waals surface area contributed by atoms with Gasteiger partial charge in [-0.1, -0.05) is 55.4 Å². The van der Waals surface area contributed by atoms with Crippen molar-refractivity contribution >= 4 is 0 Å². The standard InChI is InChI=1S/C19H40N2/c1-14(2)16(15(3)4)9-21-19(13-20)11-17(5,6)10-18(7,8)12-19/h14-16,21H,9-13,20H2,1-8H3. The van der Waals surface area contributed by atoms with Crippen LogP contribution in [-0.2, 0) is 0 Å². The minimum Gasteiger partial charge on any atom is -0.329 e. The fourth-order valence-electron chi connectivity index (χ4n) is 5.23. The van der Waals surface area contributed by atoms with Crippen LogP contribution < -0.4 is 11.1 Å². The van der Waals surface area contributed by atoms with Gasteiger partial charge >= 0.3 is 0 Å². The second-order valence-corrected chi connectivity index (χ2v) is 9.88. The van der Waals surface area contributed by atoms with Gasteiger partial charge in [0.2, 0.25) is 0 Å². The first-order valence-corrected chi connectivity index (χ1v) is 8.87. The molecule has 0 amide bonds. The van der Waals surface area contributed by atoms with Gasteiger partial charge in [-0.3, -0.25) is 0 Å². The van der Waals surface area contributed by atoms with Gasteiger partial charge in [-0.15, -0.1) is 0 Å². The predicted octanol–water partition coefficient (Wildman–Crippen LogP) is 4.44. The molecule has 1 aliphatic rings. The highest BCUT2D eigenvalue weighted by molar-refractivity contribution is 5.03. The maximum Gasteiger partial charge on any atom is 0.0314 e. The van der Waals surface area contributed by atoms with Crippen LogP contribution in [0.15, 0.2) is 0 Å². The number of rotatable bonds is 6. The van der Waals surface area contributed by atoms with E-state index in [4.69, 9.17) is 5.73 Å². The van der Waals surface area contributed by atoms with Crippen molar-refractivity contribution in [2.75, 3.05) is 13.1 Å². The fraction of sp³-hybridized carbons (Fsp3) is 1.00. The summed E-state index contributed by atoms with van der Waals surface area (Å²) in [6.45, 7) is 20.8. The molecular formula is C19H40N2. The topological polar surface area (TPSA) is 38.0 Å². The summed E-state index contributed by atoms with van der Waals surface area (Å²) >= 11 is 0. The molecule has 1 fully saturated rings. The molecule has 126 valence electrons. The largest absolute Gasteiger partial charge is 0.329 e. The molecule has 0 aromatic rings. The summed E-state index contributed by atoms with van der Waals surface area (Å²) < 4.78 is 0. The molecule has 1 aliphatic carbocycles. The molecule has 1 saturated carbocycles. The molecule has 0 spiro atoms. The molecule has 0 aromatic carbocycles. The molecule has 0 radical (unpaired) electrons. The Morgan fingerprint density at radius 3 is 1.62 bits per heavy atom. The third-order valence-electron chi connectivity index (χ3n) is 5.41. The van der Waals surface area contributed by atoms with Crippen LogP contribution in [0.25, 0.3) is 0 Å². The van der Waals surface area contributed by atoms with Crippen LogP contribution in [0.3, 0.4) is 0 Å². The lowest BCUT2D eigenvalue weighted by Gasteiger charge is -2.52. The van der Waals surface area contributed by atoms with Crippen molar-refractivity contribution in [2.24, 2.45) is 34.3 Å². The minimum absolute atomic E-state index is 0.118. The van der Waals surface area contributed by atoms with Gasteiger partial charge in [-0.2, -0.15) is 0 Å². The SMILES string of the molecule is CC(C)C(CNC1(CN)CC(C)(C)CC(C)(C)C1)C(C)C. The number of nitrogens with one attached hydrogen (secondary N) is 1. The molecular weight excluding hydrogens is 256 g/mol. The molecule has 0 heterocycles. The third kappa shape index (κ3) is 5.25. The Kier molecular flexibility index (Phi) is 5.94. The molecule has 0 aliphatic heterocycles. The van der Waals surface area contributed by atoms with Gasteiger partial charge in [-0.25, -0.2) is 0 Å². The molecule has 21 heavy (non-hydrogen) atoms. The Morgan fingerprint density at radius 2 is 1.29 bits per heavy atom. The van der Waals surface area contributed by atoms with Crippen LogP contribution in [-0.4, -0.2) is 18.6 Å². The summed E-state index contributed by atoms with van der Waals surface area (Å²) in [6, 6.07) is 0. The molecule has 0 unspecified atom stereocenters. The van der Waals surface area contributed by atoms with Gasteiger partial charge in [0.25, 0.3) is 0 Å². The van der Waals surface area contributed by atoms with E-state index in [0.717, 1.165) is 30.8 Å². The quantitative estimate of drug-likeness (QED) is 0.760. The molecule has 2 heteroatoms. The monoisotopic (exact) mass is 296 g/mol. The van der Waals surface area contributed by atoms with Crippen LogP contribution in [0.4, 0.5) is 0 Å². The summed E-state index contributed by atoms with van der Waals surface area (Å²) in [4.78, 5) is 0. The van der Waals surface area contributed by atoms with E-state index in [1.54, 1.807) is 0 Å². The van der Waals surface area contributed by atoms with E-state index in [2.05, 4.69) is 60.7 Å². The molecule has 3 N–H and O–H groups in total. The van der Waals surface area contributed by atoms with Crippen molar-refractivity contribution in [1.29, 1.82) is 0 Å². The predicted molar refractivity (Wildman–Crippen MR) is 94.4 cm³/mol. The van der Waals surface area contributed by atoms with E-state index in [9.17, 15) is 0 Å². The summed E-state index contributed by atoms with van der Waals surface area (Å²) in [5, 5.41) is 3.93. The second-order valence-electron chi connectivity index (χ2n) is 9.88. The van der Waals surface area contributed by atoms with Gasteiger partial charge in [0.05, 0.1) is 0 Å². The Labute approximate surface area is 133 Å². The minimum atomic E-state index is 0.118. The van der Waals surface area contributed by atoms with E-state index in [1.807, 2.05) is 0 Å². The van der Waals surface area contributed by atoms with Gasteiger partial charge in [0, 0.05) is 12.1 Å². The average molecular weight is 297 g/mol. The summed E-state index contributed by atoms with van der Waals surface area (Å²) in [6.07, 6.45) is 3.69. The van der Waals surface area contributed by atoms with E-state index in [0.29, 0.717) is 10.8 Å². The maximum atomic E-state index is 6.26. The average Bonchev–Trinajstić information content (AvgIpc) is 2.23. The Hall–Kier alpha value is -0.0800. The van der Waals surface area contributed by atoms with Crippen molar-refractivity contribution in [1.82, 2.24) is 5.32 Å². The van der Waals surface area contributed by atoms with Crippen LogP contribution in [0, 0.1) is 28.6 Å².